The number of likely N-dealkylation sites (N-methyl/N-ethyl adjacent to an activating group) is 1. The molecule has 1 aliphatic heterocycles. The Morgan fingerprint density at radius 1 is 1.19 bits per heavy atom. The highest BCUT2D eigenvalue weighted by Gasteiger charge is 2.12. The second kappa shape index (κ2) is 8.37. The normalized spacial score (nSPS) is 17.1. The Morgan fingerprint density at radius 2 is 1.95 bits per heavy atom. The molecule has 0 aliphatic carbocycles. The maximum absolute atomic E-state index is 5.41. The van der Waals surface area contributed by atoms with Crippen molar-refractivity contribution in [1.82, 2.24) is 15.1 Å². The average molecular weight is 291 g/mol. The third-order valence-electron chi connectivity index (χ3n) is 4.18. The molecule has 1 aromatic rings. The summed E-state index contributed by atoms with van der Waals surface area (Å²) in [7, 11) is 3.94. The van der Waals surface area contributed by atoms with E-state index in [1.165, 1.54) is 50.3 Å². The molecule has 1 N–H and O–H groups in total. The molecule has 2 rings (SSSR count). The van der Waals surface area contributed by atoms with Crippen molar-refractivity contribution in [2.75, 3.05) is 53.4 Å². The van der Waals surface area contributed by atoms with Gasteiger partial charge in [-0.2, -0.15) is 0 Å². The SMILES string of the molecule is COc1ccc(C)cc1CNCCCN1CCN(C)CC1. The highest BCUT2D eigenvalue weighted by molar-refractivity contribution is 5.36. The number of nitrogens with one attached hydrogen (secondary N) is 1. The molecule has 118 valence electrons. The predicted octanol–water partition coefficient (Wildman–Crippen LogP) is 1.73. The zero-order valence-electron chi connectivity index (χ0n) is 13.7. The topological polar surface area (TPSA) is 27.7 Å². The first-order valence-electron chi connectivity index (χ1n) is 7.94. The van der Waals surface area contributed by atoms with Crippen LogP contribution < -0.4 is 10.1 Å². The van der Waals surface area contributed by atoms with E-state index >= 15 is 0 Å². The highest BCUT2D eigenvalue weighted by Crippen LogP contribution is 2.19. The lowest BCUT2D eigenvalue weighted by Gasteiger charge is -2.32. The van der Waals surface area contributed by atoms with Crippen LogP contribution in [0.1, 0.15) is 17.5 Å². The van der Waals surface area contributed by atoms with Crippen LogP contribution >= 0.6 is 0 Å². The van der Waals surface area contributed by atoms with Crippen molar-refractivity contribution in [2.24, 2.45) is 0 Å². The zero-order valence-corrected chi connectivity index (χ0v) is 13.7. The molecule has 1 aliphatic rings. The maximum atomic E-state index is 5.41. The monoisotopic (exact) mass is 291 g/mol. The van der Waals surface area contributed by atoms with E-state index < -0.39 is 0 Å². The van der Waals surface area contributed by atoms with Crippen LogP contribution in [0.5, 0.6) is 5.75 Å². The number of piperazine rings is 1. The Kier molecular flexibility index (Phi) is 6.49. The first-order valence-corrected chi connectivity index (χ1v) is 7.94. The van der Waals surface area contributed by atoms with E-state index in [2.05, 4.69) is 47.3 Å². The van der Waals surface area contributed by atoms with Crippen molar-refractivity contribution < 1.29 is 4.74 Å². The van der Waals surface area contributed by atoms with Crippen molar-refractivity contribution in [2.45, 2.75) is 19.9 Å². The first-order chi connectivity index (χ1) is 10.2. The van der Waals surface area contributed by atoms with Crippen molar-refractivity contribution in [1.29, 1.82) is 0 Å². The molecule has 1 fully saturated rings. The molecule has 1 saturated heterocycles. The third-order valence-corrected chi connectivity index (χ3v) is 4.18. The molecule has 0 atom stereocenters. The molecule has 4 nitrogen and oxygen atoms in total. The summed E-state index contributed by atoms with van der Waals surface area (Å²) < 4.78 is 5.41. The molecule has 0 saturated carbocycles. The molecular formula is C17H29N3O. The summed E-state index contributed by atoms with van der Waals surface area (Å²) in [5.41, 5.74) is 2.53. The van der Waals surface area contributed by atoms with Gasteiger partial charge in [0.15, 0.2) is 0 Å². The number of hydrogen-bond acceptors (Lipinski definition) is 4. The summed E-state index contributed by atoms with van der Waals surface area (Å²) in [6, 6.07) is 6.35. The van der Waals surface area contributed by atoms with Gasteiger partial charge in [-0.25, -0.2) is 0 Å². The van der Waals surface area contributed by atoms with Gasteiger partial charge in [-0.05, 0) is 39.5 Å². The molecule has 0 aromatic heterocycles. The van der Waals surface area contributed by atoms with Gasteiger partial charge in [0.2, 0.25) is 0 Å². The van der Waals surface area contributed by atoms with E-state index in [1.54, 1.807) is 7.11 Å². The summed E-state index contributed by atoms with van der Waals surface area (Å²) in [4.78, 5) is 4.97. The maximum Gasteiger partial charge on any atom is 0.123 e. The molecule has 1 aromatic carbocycles. The number of benzene rings is 1. The van der Waals surface area contributed by atoms with Crippen LogP contribution in [0.2, 0.25) is 0 Å². The fraction of sp³-hybridized carbons (Fsp3) is 0.647. The Hall–Kier alpha value is -1.10. The molecule has 0 radical (unpaired) electrons. The van der Waals surface area contributed by atoms with Gasteiger partial charge in [0.1, 0.15) is 5.75 Å². The van der Waals surface area contributed by atoms with Crippen LogP contribution in [0.15, 0.2) is 18.2 Å². The number of ether oxygens (including phenoxy) is 1. The van der Waals surface area contributed by atoms with E-state index in [0.717, 1.165) is 18.8 Å². The average Bonchev–Trinajstić information content (AvgIpc) is 2.49. The van der Waals surface area contributed by atoms with E-state index in [1.807, 2.05) is 0 Å². The van der Waals surface area contributed by atoms with Gasteiger partial charge in [0.05, 0.1) is 7.11 Å². The molecule has 0 spiro atoms. The van der Waals surface area contributed by atoms with Gasteiger partial charge >= 0.3 is 0 Å². The van der Waals surface area contributed by atoms with Gasteiger partial charge in [0, 0.05) is 38.3 Å². The number of nitrogens with zero attached hydrogens (tertiary/aromatic N) is 2. The molecule has 1 heterocycles. The zero-order chi connectivity index (χ0) is 15.1. The van der Waals surface area contributed by atoms with Crippen molar-refractivity contribution >= 4 is 0 Å². The van der Waals surface area contributed by atoms with Crippen LogP contribution in [-0.2, 0) is 6.54 Å². The van der Waals surface area contributed by atoms with Crippen molar-refractivity contribution in [3.63, 3.8) is 0 Å². The van der Waals surface area contributed by atoms with Crippen LogP contribution in [-0.4, -0.2) is 63.2 Å². The predicted molar refractivity (Wildman–Crippen MR) is 88.0 cm³/mol. The highest BCUT2D eigenvalue weighted by atomic mass is 16.5. The van der Waals surface area contributed by atoms with E-state index in [0.29, 0.717) is 0 Å². The quantitative estimate of drug-likeness (QED) is 0.774. The smallest absolute Gasteiger partial charge is 0.123 e. The summed E-state index contributed by atoms with van der Waals surface area (Å²) in [6.45, 7) is 10.1. The lowest BCUT2D eigenvalue weighted by atomic mass is 10.1. The number of rotatable bonds is 7. The van der Waals surface area contributed by atoms with Gasteiger partial charge in [-0.1, -0.05) is 17.7 Å². The summed E-state index contributed by atoms with van der Waals surface area (Å²) in [5, 5.41) is 3.53. The minimum Gasteiger partial charge on any atom is -0.496 e. The number of aryl methyl sites for hydroxylation is 1. The molecular weight excluding hydrogens is 262 g/mol. The Bertz CT molecular complexity index is 428. The second-order valence-electron chi connectivity index (χ2n) is 5.99. The summed E-state index contributed by atoms with van der Waals surface area (Å²) >= 11 is 0. The lowest BCUT2D eigenvalue weighted by molar-refractivity contribution is 0.152. The van der Waals surface area contributed by atoms with Crippen molar-refractivity contribution in [3.05, 3.63) is 29.3 Å². The van der Waals surface area contributed by atoms with Crippen LogP contribution in [0, 0.1) is 6.92 Å². The lowest BCUT2D eigenvalue weighted by Crippen LogP contribution is -2.45. The first kappa shape index (κ1) is 16.3. The molecule has 21 heavy (non-hydrogen) atoms. The van der Waals surface area contributed by atoms with Gasteiger partial charge in [0.25, 0.3) is 0 Å². The molecule has 0 amide bonds. The minimum absolute atomic E-state index is 0.883. The van der Waals surface area contributed by atoms with Gasteiger partial charge in [-0.3, -0.25) is 0 Å². The van der Waals surface area contributed by atoms with E-state index in [9.17, 15) is 0 Å². The van der Waals surface area contributed by atoms with Crippen LogP contribution in [0.4, 0.5) is 0 Å². The van der Waals surface area contributed by atoms with Gasteiger partial charge < -0.3 is 19.9 Å². The third kappa shape index (κ3) is 5.30. The fourth-order valence-electron chi connectivity index (χ4n) is 2.77. The van der Waals surface area contributed by atoms with Gasteiger partial charge in [-0.15, -0.1) is 0 Å². The number of hydrogen-bond donors (Lipinski definition) is 1. The van der Waals surface area contributed by atoms with E-state index in [-0.39, 0.29) is 0 Å². The molecule has 0 unspecified atom stereocenters. The standard InChI is InChI=1S/C17H29N3O/c1-15-5-6-17(21-3)16(13-15)14-18-7-4-8-20-11-9-19(2)10-12-20/h5-6,13,18H,4,7-12,14H2,1-3H3. The fourth-order valence-corrected chi connectivity index (χ4v) is 2.77. The Balaban J connectivity index is 1.64. The number of methoxy groups -OCH3 is 1. The second-order valence-corrected chi connectivity index (χ2v) is 5.99. The van der Waals surface area contributed by atoms with E-state index in [4.69, 9.17) is 4.74 Å². The Labute approximate surface area is 129 Å². The van der Waals surface area contributed by atoms with Crippen LogP contribution in [0.3, 0.4) is 0 Å². The summed E-state index contributed by atoms with van der Waals surface area (Å²) in [6.07, 6.45) is 1.21. The van der Waals surface area contributed by atoms with Crippen molar-refractivity contribution in [3.8, 4) is 5.75 Å². The minimum atomic E-state index is 0.883. The van der Waals surface area contributed by atoms with Crippen LogP contribution in [0.25, 0.3) is 0 Å². The largest absolute Gasteiger partial charge is 0.496 e. The Morgan fingerprint density at radius 3 is 2.67 bits per heavy atom. The molecule has 4 heteroatoms. The molecule has 0 bridgehead atoms. The summed E-state index contributed by atoms with van der Waals surface area (Å²) in [5.74, 6) is 0.979.